The highest BCUT2D eigenvalue weighted by atomic mass is 16.5. The van der Waals surface area contributed by atoms with E-state index in [9.17, 15) is 4.79 Å². The molecule has 1 aliphatic heterocycles. The molecule has 0 spiro atoms. The van der Waals surface area contributed by atoms with Gasteiger partial charge in [0, 0.05) is 24.8 Å². The molecule has 0 bridgehead atoms. The third kappa shape index (κ3) is 2.46. The lowest BCUT2D eigenvalue weighted by molar-refractivity contribution is -0.121. The Hall–Kier alpha value is -2.86. The second-order valence-electron chi connectivity index (χ2n) is 6.15. The van der Waals surface area contributed by atoms with E-state index in [2.05, 4.69) is 0 Å². The van der Waals surface area contributed by atoms with Crippen molar-refractivity contribution < 1.29 is 9.53 Å². The maximum absolute atomic E-state index is 12.1. The summed E-state index contributed by atoms with van der Waals surface area (Å²) in [5.41, 5.74) is 11.5. The van der Waals surface area contributed by atoms with Crippen molar-refractivity contribution in [2.24, 2.45) is 5.73 Å². The summed E-state index contributed by atoms with van der Waals surface area (Å²) in [4.78, 5) is 18.6. The Kier molecular flexibility index (Phi) is 3.69. The zero-order chi connectivity index (χ0) is 17.6. The van der Waals surface area contributed by atoms with Gasteiger partial charge in [-0.25, -0.2) is 4.98 Å². The number of fused-ring (bicyclic) bond motifs is 2. The highest BCUT2D eigenvalue weighted by Gasteiger charge is 2.25. The highest BCUT2D eigenvalue weighted by Crippen LogP contribution is 2.36. The molecule has 2 aromatic heterocycles. The minimum absolute atomic E-state index is 0.0307. The van der Waals surface area contributed by atoms with E-state index in [4.69, 9.17) is 15.5 Å². The maximum Gasteiger partial charge on any atom is 0.265 e. The van der Waals surface area contributed by atoms with Gasteiger partial charge in [-0.3, -0.25) is 4.79 Å². The molecule has 1 aromatic carbocycles. The van der Waals surface area contributed by atoms with Crippen molar-refractivity contribution in [1.29, 1.82) is 0 Å². The lowest BCUT2D eigenvalue weighted by Gasteiger charge is -2.28. The first-order valence-corrected chi connectivity index (χ1v) is 8.37. The van der Waals surface area contributed by atoms with E-state index in [1.165, 1.54) is 0 Å². The fourth-order valence-corrected chi connectivity index (χ4v) is 3.32. The molecule has 4 rings (SSSR count). The molecule has 2 N–H and O–H groups in total. The first kappa shape index (κ1) is 15.7. The van der Waals surface area contributed by atoms with Gasteiger partial charge in [0.25, 0.3) is 5.91 Å². The third-order valence-electron chi connectivity index (χ3n) is 4.57. The molecule has 0 saturated carbocycles. The molecule has 6 heteroatoms. The largest absolute Gasteiger partial charge is 0.482 e. The molecule has 0 unspecified atom stereocenters. The summed E-state index contributed by atoms with van der Waals surface area (Å²) in [5.74, 6) is 0.691. The van der Waals surface area contributed by atoms with Crippen molar-refractivity contribution in [3.05, 3.63) is 47.8 Å². The topological polar surface area (TPSA) is 72.9 Å². The molecule has 3 aromatic rings. The number of amides is 1. The Morgan fingerprint density at radius 2 is 2.12 bits per heavy atom. The van der Waals surface area contributed by atoms with Crippen LogP contribution in [0.15, 0.2) is 36.5 Å². The lowest BCUT2D eigenvalue weighted by Crippen LogP contribution is -2.38. The van der Waals surface area contributed by atoms with Crippen molar-refractivity contribution in [3.8, 4) is 17.0 Å². The van der Waals surface area contributed by atoms with Crippen LogP contribution < -0.4 is 15.4 Å². The van der Waals surface area contributed by atoms with Crippen LogP contribution in [0.4, 0.5) is 5.69 Å². The molecule has 0 saturated heterocycles. The second-order valence-corrected chi connectivity index (χ2v) is 6.15. The number of rotatable bonds is 3. The Balaban J connectivity index is 1.89. The molecule has 1 aliphatic rings. The summed E-state index contributed by atoms with van der Waals surface area (Å²) in [5, 5.41) is 0. The molecule has 0 aliphatic carbocycles. The summed E-state index contributed by atoms with van der Waals surface area (Å²) in [6.45, 7) is 5.06. The van der Waals surface area contributed by atoms with Crippen molar-refractivity contribution in [2.75, 3.05) is 18.1 Å². The third-order valence-corrected chi connectivity index (χ3v) is 4.57. The minimum Gasteiger partial charge on any atom is -0.482 e. The molecular formula is C19H20N4O2. The summed E-state index contributed by atoms with van der Waals surface area (Å²) < 4.78 is 7.56. The first-order chi connectivity index (χ1) is 12.1. The lowest BCUT2D eigenvalue weighted by atomic mass is 10.1. The number of nitrogens with two attached hydrogens (primary N) is 1. The van der Waals surface area contributed by atoms with Crippen molar-refractivity contribution in [2.45, 2.75) is 20.4 Å². The van der Waals surface area contributed by atoms with Gasteiger partial charge >= 0.3 is 0 Å². The predicted molar refractivity (Wildman–Crippen MR) is 96.8 cm³/mol. The number of aryl methyl sites for hydroxylation is 1. The molecule has 6 nitrogen and oxygen atoms in total. The maximum atomic E-state index is 12.1. The number of ether oxygens (including phenoxy) is 1. The standard InChI is InChI=1S/C19H20N4O2/c1-3-22-14-9-13(4-5-16(14)25-11-18(22)24)19-15(10-20)23-7-6-12(2)8-17(23)21-19/h4-9H,3,10-11,20H2,1-2H3. The van der Waals surface area contributed by atoms with E-state index in [0.717, 1.165) is 39.6 Å². The average Bonchev–Trinajstić information content (AvgIpc) is 2.98. The van der Waals surface area contributed by atoms with Crippen molar-refractivity contribution in [1.82, 2.24) is 9.38 Å². The average molecular weight is 336 g/mol. The molecular weight excluding hydrogens is 316 g/mol. The van der Waals surface area contributed by atoms with Gasteiger partial charge in [0.2, 0.25) is 0 Å². The summed E-state index contributed by atoms with van der Waals surface area (Å²) >= 11 is 0. The van der Waals surface area contributed by atoms with Crippen molar-refractivity contribution in [3.63, 3.8) is 0 Å². The monoisotopic (exact) mass is 336 g/mol. The normalized spacial score (nSPS) is 13.9. The fraction of sp³-hybridized carbons (Fsp3) is 0.263. The molecule has 128 valence electrons. The highest BCUT2D eigenvalue weighted by molar-refractivity contribution is 5.98. The van der Waals surface area contributed by atoms with E-state index in [-0.39, 0.29) is 12.5 Å². The zero-order valence-corrected chi connectivity index (χ0v) is 14.3. The van der Waals surface area contributed by atoms with Crippen LogP contribution in [0, 0.1) is 6.92 Å². The number of hydrogen-bond acceptors (Lipinski definition) is 4. The SMILES string of the molecule is CCN1C(=O)COc2ccc(-c3nc4cc(C)ccn4c3CN)cc21. The van der Waals surface area contributed by atoms with Gasteiger partial charge < -0.3 is 19.8 Å². The van der Waals surface area contributed by atoms with Gasteiger partial charge in [-0.1, -0.05) is 0 Å². The van der Waals surface area contributed by atoms with E-state index in [1.54, 1.807) is 4.90 Å². The Morgan fingerprint density at radius 1 is 1.28 bits per heavy atom. The minimum atomic E-state index is -0.0307. The number of anilines is 1. The summed E-state index contributed by atoms with van der Waals surface area (Å²) in [6, 6.07) is 9.90. The number of aromatic nitrogens is 2. The van der Waals surface area contributed by atoms with Gasteiger partial charge in [-0.05, 0) is 49.7 Å². The number of benzene rings is 1. The van der Waals surface area contributed by atoms with Crippen molar-refractivity contribution >= 4 is 17.2 Å². The number of pyridine rings is 1. The number of carbonyl (C=O) groups is 1. The molecule has 0 atom stereocenters. The van der Waals surface area contributed by atoms with E-state index in [1.807, 2.05) is 54.8 Å². The second kappa shape index (κ2) is 5.89. The van der Waals surface area contributed by atoms with Gasteiger partial charge in [-0.15, -0.1) is 0 Å². The van der Waals surface area contributed by atoms with Crippen LogP contribution in [-0.2, 0) is 11.3 Å². The zero-order valence-electron chi connectivity index (χ0n) is 14.3. The van der Waals surface area contributed by atoms with Crippen LogP contribution >= 0.6 is 0 Å². The van der Waals surface area contributed by atoms with Gasteiger partial charge in [0.05, 0.1) is 17.1 Å². The van der Waals surface area contributed by atoms with Crippen LogP contribution in [0.1, 0.15) is 18.2 Å². The van der Waals surface area contributed by atoms with Crippen LogP contribution in [0.3, 0.4) is 0 Å². The molecule has 1 amide bonds. The van der Waals surface area contributed by atoms with Gasteiger partial charge in [0.1, 0.15) is 11.4 Å². The quantitative estimate of drug-likeness (QED) is 0.798. The Labute approximate surface area is 145 Å². The van der Waals surface area contributed by atoms with E-state index >= 15 is 0 Å². The fourth-order valence-electron chi connectivity index (χ4n) is 3.32. The van der Waals surface area contributed by atoms with E-state index < -0.39 is 0 Å². The van der Waals surface area contributed by atoms with Gasteiger partial charge in [0.15, 0.2) is 6.61 Å². The molecule has 0 fully saturated rings. The number of imidazole rings is 1. The number of likely N-dealkylation sites (N-methyl/N-ethyl adjacent to an activating group) is 1. The molecule has 0 radical (unpaired) electrons. The van der Waals surface area contributed by atoms with Crippen LogP contribution in [-0.4, -0.2) is 28.4 Å². The van der Waals surface area contributed by atoms with Crippen LogP contribution in [0.25, 0.3) is 16.9 Å². The Morgan fingerprint density at radius 3 is 2.88 bits per heavy atom. The first-order valence-electron chi connectivity index (χ1n) is 8.37. The van der Waals surface area contributed by atoms with Crippen LogP contribution in [0.5, 0.6) is 5.75 Å². The molecule has 25 heavy (non-hydrogen) atoms. The van der Waals surface area contributed by atoms with Gasteiger partial charge in [-0.2, -0.15) is 0 Å². The van der Waals surface area contributed by atoms with E-state index in [0.29, 0.717) is 13.1 Å². The summed E-state index contributed by atoms with van der Waals surface area (Å²) in [7, 11) is 0. The van der Waals surface area contributed by atoms with Crippen LogP contribution in [0.2, 0.25) is 0 Å². The molecule has 3 heterocycles. The summed E-state index contributed by atoms with van der Waals surface area (Å²) in [6.07, 6.45) is 1.99. The Bertz CT molecular complexity index is 977. The number of carbonyl (C=O) groups excluding carboxylic acids is 1. The predicted octanol–water partition coefficient (Wildman–Crippen LogP) is 2.51. The number of nitrogens with zero attached hydrogens (tertiary/aromatic N) is 3. The smallest absolute Gasteiger partial charge is 0.265 e. The number of hydrogen-bond donors (Lipinski definition) is 1.